The quantitative estimate of drug-likeness (QED) is 0.403. The molecule has 2 aromatic rings. The maximum absolute atomic E-state index is 11.4. The van der Waals surface area contributed by atoms with Crippen molar-refractivity contribution in [1.29, 1.82) is 10.5 Å². The molecule has 0 fully saturated rings. The van der Waals surface area contributed by atoms with E-state index in [1.165, 1.54) is 13.2 Å². The van der Waals surface area contributed by atoms with Gasteiger partial charge >= 0.3 is 5.97 Å². The fourth-order valence-electron chi connectivity index (χ4n) is 2.19. The first-order chi connectivity index (χ1) is 13.2. The van der Waals surface area contributed by atoms with Crippen molar-refractivity contribution in [3.63, 3.8) is 0 Å². The zero-order valence-electron chi connectivity index (χ0n) is 14.8. The van der Waals surface area contributed by atoms with E-state index in [9.17, 15) is 4.79 Å². The van der Waals surface area contributed by atoms with Crippen molar-refractivity contribution >= 4 is 12.0 Å². The fourth-order valence-corrected chi connectivity index (χ4v) is 2.19. The number of nitrogens with zero attached hydrogens (tertiary/aromatic N) is 2. The molecule has 27 heavy (non-hydrogen) atoms. The standard InChI is InChI=1S/C21H18N2O4/c1-25-21(24)18-6-8-19(9-7-18)26-10-3-11-27-20-5-2-4-16(13-20)12-17(14-22)15-23/h2,4-9,12-13H,3,10-11H2,1H3. The van der Waals surface area contributed by atoms with Gasteiger partial charge in [0.05, 0.1) is 25.9 Å². The minimum Gasteiger partial charge on any atom is -0.493 e. The van der Waals surface area contributed by atoms with E-state index in [4.69, 9.17) is 20.0 Å². The van der Waals surface area contributed by atoms with E-state index in [1.54, 1.807) is 42.5 Å². The van der Waals surface area contributed by atoms with Crippen LogP contribution in [0, 0.1) is 22.7 Å². The number of esters is 1. The molecule has 2 aromatic carbocycles. The van der Waals surface area contributed by atoms with Gasteiger partial charge in [0, 0.05) is 6.42 Å². The van der Waals surface area contributed by atoms with E-state index in [0.29, 0.717) is 36.7 Å². The van der Waals surface area contributed by atoms with Crippen LogP contribution in [0.4, 0.5) is 0 Å². The third kappa shape index (κ3) is 6.22. The second kappa shape index (κ2) is 10.3. The van der Waals surface area contributed by atoms with Crippen LogP contribution in [-0.2, 0) is 4.74 Å². The van der Waals surface area contributed by atoms with E-state index >= 15 is 0 Å². The molecule has 0 aliphatic rings. The Morgan fingerprint density at radius 2 is 1.67 bits per heavy atom. The summed E-state index contributed by atoms with van der Waals surface area (Å²) in [6, 6.07) is 17.5. The second-order valence-corrected chi connectivity index (χ2v) is 5.42. The van der Waals surface area contributed by atoms with Gasteiger partial charge in [0.25, 0.3) is 0 Å². The molecule has 6 nitrogen and oxygen atoms in total. The first-order valence-corrected chi connectivity index (χ1v) is 8.22. The molecule has 0 aliphatic heterocycles. The molecule has 0 unspecified atom stereocenters. The average molecular weight is 362 g/mol. The molecule has 0 saturated carbocycles. The minimum atomic E-state index is -0.385. The Bertz CT molecular complexity index is 874. The van der Waals surface area contributed by atoms with Crippen LogP contribution in [0.1, 0.15) is 22.3 Å². The summed E-state index contributed by atoms with van der Waals surface area (Å²) >= 11 is 0. The summed E-state index contributed by atoms with van der Waals surface area (Å²) in [5.74, 6) is 0.931. The van der Waals surface area contributed by atoms with Crippen LogP contribution >= 0.6 is 0 Å². The minimum absolute atomic E-state index is 0.0405. The zero-order chi connectivity index (χ0) is 19.5. The van der Waals surface area contributed by atoms with Crippen LogP contribution in [0.3, 0.4) is 0 Å². The van der Waals surface area contributed by atoms with Crippen molar-refractivity contribution in [1.82, 2.24) is 0 Å². The number of methoxy groups -OCH3 is 1. The maximum atomic E-state index is 11.4. The number of carbonyl (C=O) groups excluding carboxylic acids is 1. The van der Waals surface area contributed by atoms with Gasteiger partial charge in [0.2, 0.25) is 0 Å². The number of hydrogen-bond donors (Lipinski definition) is 0. The smallest absolute Gasteiger partial charge is 0.337 e. The third-order valence-corrected chi connectivity index (χ3v) is 3.51. The van der Waals surface area contributed by atoms with Crippen molar-refractivity contribution in [3.8, 4) is 23.6 Å². The highest BCUT2D eigenvalue weighted by atomic mass is 16.5. The summed E-state index contributed by atoms with van der Waals surface area (Å²) in [5, 5.41) is 17.6. The Balaban J connectivity index is 1.77. The number of rotatable bonds is 8. The monoisotopic (exact) mass is 362 g/mol. The Labute approximate surface area is 157 Å². The van der Waals surface area contributed by atoms with Gasteiger partial charge in [0.1, 0.15) is 29.2 Å². The molecular formula is C21H18N2O4. The summed E-state index contributed by atoms with van der Waals surface area (Å²) in [4.78, 5) is 11.4. The zero-order valence-corrected chi connectivity index (χ0v) is 14.8. The van der Waals surface area contributed by atoms with Gasteiger partial charge in [-0.2, -0.15) is 10.5 Å². The highest BCUT2D eigenvalue weighted by molar-refractivity contribution is 5.89. The Kier molecular flexibility index (Phi) is 7.44. The lowest BCUT2D eigenvalue weighted by Gasteiger charge is -2.09. The van der Waals surface area contributed by atoms with Gasteiger partial charge in [-0.15, -0.1) is 0 Å². The lowest BCUT2D eigenvalue weighted by molar-refractivity contribution is 0.0600. The first kappa shape index (κ1) is 19.6. The van der Waals surface area contributed by atoms with Gasteiger partial charge in [-0.3, -0.25) is 0 Å². The van der Waals surface area contributed by atoms with Gasteiger partial charge in [-0.1, -0.05) is 12.1 Å². The molecular weight excluding hydrogens is 344 g/mol. The predicted molar refractivity (Wildman–Crippen MR) is 99.0 cm³/mol. The van der Waals surface area contributed by atoms with Crippen LogP contribution < -0.4 is 9.47 Å². The van der Waals surface area contributed by atoms with Crippen LogP contribution in [0.2, 0.25) is 0 Å². The number of ether oxygens (including phenoxy) is 3. The van der Waals surface area contributed by atoms with Crippen molar-refractivity contribution in [2.24, 2.45) is 0 Å². The van der Waals surface area contributed by atoms with Gasteiger partial charge in [-0.25, -0.2) is 4.79 Å². The summed E-state index contributed by atoms with van der Waals surface area (Å²) in [5.41, 5.74) is 1.24. The SMILES string of the molecule is COC(=O)c1ccc(OCCCOc2cccc(C=C(C#N)C#N)c2)cc1. The van der Waals surface area contributed by atoms with E-state index in [1.807, 2.05) is 18.2 Å². The molecule has 0 bridgehead atoms. The summed E-state index contributed by atoms with van der Waals surface area (Å²) in [6.07, 6.45) is 2.18. The fraction of sp³-hybridized carbons (Fsp3) is 0.190. The molecule has 0 N–H and O–H groups in total. The first-order valence-electron chi connectivity index (χ1n) is 8.22. The largest absolute Gasteiger partial charge is 0.493 e. The van der Waals surface area contributed by atoms with Crippen LogP contribution in [0.25, 0.3) is 6.08 Å². The lowest BCUT2D eigenvalue weighted by Crippen LogP contribution is -2.05. The number of hydrogen-bond acceptors (Lipinski definition) is 6. The molecule has 6 heteroatoms. The van der Waals surface area contributed by atoms with Crippen LogP contribution in [0.5, 0.6) is 11.5 Å². The van der Waals surface area contributed by atoms with Crippen LogP contribution in [0.15, 0.2) is 54.1 Å². The van der Waals surface area contributed by atoms with Gasteiger partial charge < -0.3 is 14.2 Å². The molecule has 0 aromatic heterocycles. The van der Waals surface area contributed by atoms with E-state index < -0.39 is 0 Å². The van der Waals surface area contributed by atoms with Crippen molar-refractivity contribution < 1.29 is 19.0 Å². The molecule has 0 aliphatic carbocycles. The molecule has 2 rings (SSSR count). The lowest BCUT2D eigenvalue weighted by atomic mass is 10.1. The summed E-state index contributed by atoms with van der Waals surface area (Å²) < 4.78 is 15.9. The number of carbonyl (C=O) groups is 1. The van der Waals surface area contributed by atoms with Crippen LogP contribution in [-0.4, -0.2) is 26.3 Å². The second-order valence-electron chi connectivity index (χ2n) is 5.42. The van der Waals surface area contributed by atoms with Crippen molar-refractivity contribution in [2.45, 2.75) is 6.42 Å². The number of nitriles is 2. The summed E-state index contributed by atoms with van der Waals surface area (Å²) in [6.45, 7) is 0.918. The maximum Gasteiger partial charge on any atom is 0.337 e. The number of benzene rings is 2. The topological polar surface area (TPSA) is 92.3 Å². The molecule has 136 valence electrons. The molecule has 0 heterocycles. The van der Waals surface area contributed by atoms with E-state index in [2.05, 4.69) is 4.74 Å². The summed E-state index contributed by atoms with van der Waals surface area (Å²) in [7, 11) is 1.34. The molecule has 0 saturated heterocycles. The van der Waals surface area contributed by atoms with E-state index in [-0.39, 0.29) is 11.5 Å². The highest BCUT2D eigenvalue weighted by Crippen LogP contribution is 2.16. The Hall–Kier alpha value is -3.77. The normalized spacial score (nSPS) is 9.44. The highest BCUT2D eigenvalue weighted by Gasteiger charge is 2.04. The molecule has 0 radical (unpaired) electrons. The van der Waals surface area contributed by atoms with Crippen molar-refractivity contribution in [3.05, 3.63) is 65.2 Å². The van der Waals surface area contributed by atoms with Gasteiger partial charge in [0.15, 0.2) is 0 Å². The van der Waals surface area contributed by atoms with Crippen molar-refractivity contribution in [2.75, 3.05) is 20.3 Å². The number of allylic oxidation sites excluding steroid dienone is 1. The Morgan fingerprint density at radius 1 is 1.00 bits per heavy atom. The Morgan fingerprint density at radius 3 is 2.30 bits per heavy atom. The molecule has 0 amide bonds. The molecule has 0 atom stereocenters. The average Bonchev–Trinajstić information content (AvgIpc) is 2.72. The molecule has 0 spiro atoms. The third-order valence-electron chi connectivity index (χ3n) is 3.51. The van der Waals surface area contributed by atoms with E-state index in [0.717, 1.165) is 5.56 Å². The van der Waals surface area contributed by atoms with Gasteiger partial charge in [-0.05, 0) is 48.0 Å². The predicted octanol–water partition coefficient (Wildman–Crippen LogP) is 3.75.